The van der Waals surface area contributed by atoms with Gasteiger partial charge in [0.05, 0.1) is 23.7 Å². The molecule has 10 nitrogen and oxygen atoms in total. The van der Waals surface area contributed by atoms with Crippen molar-refractivity contribution in [2.75, 3.05) is 35.7 Å². The molecular weight excluding hydrogens is 631 g/mol. The van der Waals surface area contributed by atoms with Crippen molar-refractivity contribution in [2.45, 2.75) is 39.5 Å². The summed E-state index contributed by atoms with van der Waals surface area (Å²) >= 11 is 1.36. The van der Waals surface area contributed by atoms with Crippen LogP contribution in [0.5, 0.6) is 5.75 Å². The number of alkyl halides is 3. The molecule has 0 spiro atoms. The molecule has 0 radical (unpaired) electrons. The topological polar surface area (TPSA) is 106 Å². The Morgan fingerprint density at radius 1 is 1.06 bits per heavy atom. The number of nitrogens with zero attached hydrogens (tertiary/aromatic N) is 6. The third-order valence-corrected chi connectivity index (χ3v) is 7.90. The number of rotatable bonds is 13. The first kappa shape index (κ1) is 33.7. The number of carbonyl (C=O) groups excluding carboxylic acids is 1. The summed E-state index contributed by atoms with van der Waals surface area (Å²) in [7, 11) is 0. The predicted octanol–water partition coefficient (Wildman–Crippen LogP) is 7.07. The lowest BCUT2D eigenvalue weighted by molar-refractivity contribution is -0.274. The summed E-state index contributed by atoms with van der Waals surface area (Å²) in [5.41, 5.74) is 4.12. The maximum atomic E-state index is 12.7. The van der Waals surface area contributed by atoms with Crippen molar-refractivity contribution >= 4 is 40.7 Å². The zero-order valence-electron chi connectivity index (χ0n) is 26.1. The van der Waals surface area contributed by atoms with E-state index in [4.69, 9.17) is 4.74 Å². The highest BCUT2D eigenvalue weighted by molar-refractivity contribution is 8.15. The van der Waals surface area contributed by atoms with E-state index in [1.807, 2.05) is 55.5 Å². The predicted molar refractivity (Wildman–Crippen MR) is 179 cm³/mol. The number of anilines is 2. The number of thioether (sulfide) groups is 1. The Morgan fingerprint density at radius 2 is 1.81 bits per heavy atom. The first-order valence-corrected chi connectivity index (χ1v) is 16.0. The van der Waals surface area contributed by atoms with E-state index in [1.165, 1.54) is 40.7 Å². The minimum atomic E-state index is -4.78. The quantitative estimate of drug-likeness (QED) is 0.0925. The van der Waals surface area contributed by atoms with Crippen LogP contribution < -0.4 is 15.0 Å². The van der Waals surface area contributed by atoms with Gasteiger partial charge in [-0.3, -0.25) is 9.69 Å². The van der Waals surface area contributed by atoms with Gasteiger partial charge in [-0.1, -0.05) is 68.1 Å². The number of halogens is 3. The number of ether oxygens (including phenoxy) is 2. The van der Waals surface area contributed by atoms with Gasteiger partial charge in [0, 0.05) is 31.4 Å². The van der Waals surface area contributed by atoms with Crippen LogP contribution >= 0.6 is 11.8 Å². The van der Waals surface area contributed by atoms with Gasteiger partial charge in [0.2, 0.25) is 11.9 Å². The zero-order chi connectivity index (χ0) is 33.4. The second-order valence-electron chi connectivity index (χ2n) is 10.6. The second kappa shape index (κ2) is 15.3. The molecule has 0 saturated carbocycles. The third-order valence-electron chi connectivity index (χ3n) is 6.98. The molecule has 246 valence electrons. The van der Waals surface area contributed by atoms with E-state index in [2.05, 4.69) is 44.2 Å². The molecule has 1 aromatic heterocycles. The van der Waals surface area contributed by atoms with E-state index in [0.717, 1.165) is 22.4 Å². The van der Waals surface area contributed by atoms with Crippen LogP contribution in [0.1, 0.15) is 37.8 Å². The number of hydrogen-bond acceptors (Lipinski definition) is 9. The Balaban J connectivity index is 1.29. The molecule has 14 heteroatoms. The number of amides is 1. The first-order valence-electron chi connectivity index (χ1n) is 15.0. The minimum absolute atomic E-state index is 0.0242. The summed E-state index contributed by atoms with van der Waals surface area (Å²) in [4.78, 5) is 19.0. The maximum Gasteiger partial charge on any atom is 0.573 e. The largest absolute Gasteiger partial charge is 0.573 e. The van der Waals surface area contributed by atoms with Crippen LogP contribution in [0.25, 0.3) is 17.1 Å². The molecule has 1 fully saturated rings. The molecule has 1 amide bonds. The van der Waals surface area contributed by atoms with Crippen molar-refractivity contribution in [3.8, 4) is 22.8 Å². The Bertz CT molecular complexity index is 1720. The summed E-state index contributed by atoms with van der Waals surface area (Å²) in [6.45, 7) is 7.54. The monoisotopic (exact) mass is 665 g/mol. The van der Waals surface area contributed by atoms with Gasteiger partial charge >= 0.3 is 6.36 Å². The normalized spacial score (nSPS) is 14.6. The smallest absolute Gasteiger partial charge is 0.406 e. The Kier molecular flexibility index (Phi) is 10.9. The van der Waals surface area contributed by atoms with E-state index in [9.17, 15) is 18.0 Å². The van der Waals surface area contributed by atoms with Gasteiger partial charge in [-0.2, -0.15) is 14.8 Å². The van der Waals surface area contributed by atoms with E-state index < -0.39 is 6.36 Å². The number of para-hydroxylation sites is 1. The summed E-state index contributed by atoms with van der Waals surface area (Å²) in [6.07, 6.45) is -2.58. The standard InChI is InChI=1S/C33H34F3N7O3S/c1-4-45-20-19-37-31-39-30(41-43(31)25-13-15-26(16-14-25)46-33(34,35)36)24-11-9-23(10-12-24)17-18-38-40-32-42(29(44)21-47-32)28-8-6-5-7-27(28)22(2)3/h5-16,18,22H,4,17,19-21H2,1-3H3,(H,37,39,41)/b38-18?,40-32-. The lowest BCUT2D eigenvalue weighted by atomic mass is 10.0. The summed E-state index contributed by atoms with van der Waals surface area (Å²) in [5.74, 6) is 1.04. The summed E-state index contributed by atoms with van der Waals surface area (Å²) in [5, 5.41) is 17.0. The first-order chi connectivity index (χ1) is 22.6. The summed E-state index contributed by atoms with van der Waals surface area (Å²) in [6, 6.07) is 20.9. The highest BCUT2D eigenvalue weighted by atomic mass is 32.2. The Morgan fingerprint density at radius 3 is 2.51 bits per heavy atom. The molecular formula is C33H34F3N7O3S. The highest BCUT2D eigenvalue weighted by Crippen LogP contribution is 2.33. The van der Waals surface area contributed by atoms with E-state index in [-0.39, 0.29) is 17.6 Å². The molecule has 3 aromatic carbocycles. The fourth-order valence-corrected chi connectivity index (χ4v) is 5.59. The minimum Gasteiger partial charge on any atom is -0.406 e. The fraction of sp³-hybridized carbons (Fsp3) is 0.303. The van der Waals surface area contributed by atoms with Crippen molar-refractivity contribution in [3.63, 3.8) is 0 Å². The number of carbonyl (C=O) groups is 1. The molecule has 4 aromatic rings. The van der Waals surface area contributed by atoms with Crippen molar-refractivity contribution in [3.05, 3.63) is 83.9 Å². The molecule has 1 aliphatic rings. The van der Waals surface area contributed by atoms with Gasteiger partial charge < -0.3 is 14.8 Å². The van der Waals surface area contributed by atoms with Gasteiger partial charge in [0.1, 0.15) is 5.75 Å². The van der Waals surface area contributed by atoms with Gasteiger partial charge in [-0.15, -0.1) is 23.4 Å². The molecule has 0 bridgehead atoms. The van der Waals surface area contributed by atoms with Gasteiger partial charge in [-0.25, -0.2) is 0 Å². The van der Waals surface area contributed by atoms with E-state index >= 15 is 0 Å². The summed E-state index contributed by atoms with van der Waals surface area (Å²) < 4.78 is 48.8. The van der Waals surface area contributed by atoms with Crippen LogP contribution in [0, 0.1) is 0 Å². The molecule has 1 saturated heterocycles. The van der Waals surface area contributed by atoms with Crippen molar-refractivity contribution in [1.82, 2.24) is 14.8 Å². The SMILES string of the molecule is CCOCCNc1nc(-c2ccc(CC=N/N=C3\SCC(=O)N3c3ccccc3C(C)C)cc2)nn1-c1ccc(OC(F)(F)F)cc1. The van der Waals surface area contributed by atoms with Crippen LogP contribution in [0.4, 0.5) is 24.8 Å². The van der Waals surface area contributed by atoms with Crippen LogP contribution in [-0.2, 0) is 16.0 Å². The van der Waals surface area contributed by atoms with Gasteiger partial charge in [0.25, 0.3) is 0 Å². The molecule has 0 unspecified atom stereocenters. The van der Waals surface area contributed by atoms with E-state index in [0.29, 0.717) is 54.6 Å². The second-order valence-corrected chi connectivity index (χ2v) is 11.6. The van der Waals surface area contributed by atoms with Crippen LogP contribution in [0.15, 0.2) is 83.0 Å². The number of aromatic nitrogens is 3. The van der Waals surface area contributed by atoms with Crippen molar-refractivity contribution in [1.29, 1.82) is 0 Å². The van der Waals surface area contributed by atoms with Crippen LogP contribution in [-0.4, -0.2) is 63.9 Å². The lowest BCUT2D eigenvalue weighted by Crippen LogP contribution is -2.30. The van der Waals surface area contributed by atoms with E-state index in [1.54, 1.807) is 11.1 Å². The molecule has 0 aliphatic carbocycles. The van der Waals surface area contributed by atoms with Gasteiger partial charge in [-0.05, 0) is 54.3 Å². The Hall–Kier alpha value is -4.69. The van der Waals surface area contributed by atoms with Gasteiger partial charge in [0.15, 0.2) is 11.0 Å². The number of nitrogens with one attached hydrogen (secondary N) is 1. The molecule has 0 atom stereocenters. The molecule has 1 aliphatic heterocycles. The van der Waals surface area contributed by atoms with Crippen molar-refractivity contribution in [2.24, 2.45) is 10.2 Å². The molecule has 5 rings (SSSR count). The molecule has 2 heterocycles. The average molecular weight is 666 g/mol. The van der Waals surface area contributed by atoms with Crippen molar-refractivity contribution < 1.29 is 27.4 Å². The number of benzene rings is 3. The zero-order valence-corrected chi connectivity index (χ0v) is 26.9. The number of hydrogen-bond donors (Lipinski definition) is 1. The third kappa shape index (κ3) is 8.77. The lowest BCUT2D eigenvalue weighted by Gasteiger charge is -2.20. The van der Waals surface area contributed by atoms with Crippen LogP contribution in [0.2, 0.25) is 0 Å². The average Bonchev–Trinajstić information content (AvgIpc) is 3.64. The fourth-order valence-electron chi connectivity index (χ4n) is 4.78. The van der Waals surface area contributed by atoms with Crippen LogP contribution in [0.3, 0.4) is 0 Å². The Labute approximate surface area is 274 Å². The molecule has 1 N–H and O–H groups in total. The molecule has 47 heavy (non-hydrogen) atoms. The number of amidine groups is 1. The highest BCUT2D eigenvalue weighted by Gasteiger charge is 2.32. The maximum absolute atomic E-state index is 12.7.